The van der Waals surface area contributed by atoms with Crippen LogP contribution in [0.15, 0.2) is 29.5 Å². The van der Waals surface area contributed by atoms with Gasteiger partial charge in [0.1, 0.15) is 0 Å². The summed E-state index contributed by atoms with van der Waals surface area (Å²) in [5.74, 6) is 5.02. The molecule has 0 aliphatic heterocycles. The van der Waals surface area contributed by atoms with Gasteiger partial charge >= 0.3 is 0 Å². The van der Waals surface area contributed by atoms with E-state index in [0.717, 1.165) is 0 Å². The number of pyridine rings is 1. The largest absolute Gasteiger partial charge is 0.321 e. The Morgan fingerprint density at radius 1 is 1.56 bits per heavy atom. The highest BCUT2D eigenvalue weighted by molar-refractivity contribution is 9.08. The number of nitrogens with two attached hydrogens (primary N) is 1. The molecule has 0 aliphatic carbocycles. The van der Waals surface area contributed by atoms with Crippen molar-refractivity contribution in [3.05, 3.63) is 29.9 Å². The van der Waals surface area contributed by atoms with E-state index in [-0.39, 0.29) is 0 Å². The van der Waals surface area contributed by atoms with Crippen LogP contribution in [0, 0.1) is 0 Å². The van der Waals surface area contributed by atoms with Crippen molar-refractivity contribution < 1.29 is 0 Å². The fourth-order valence-electron chi connectivity index (χ4n) is 0.513. The maximum absolute atomic E-state index is 5.02. The average Bonchev–Trinajstić information content (AvgIpc) is 1.89. The van der Waals surface area contributed by atoms with E-state index in [9.17, 15) is 0 Å². The first kappa shape index (κ1) is 6.35. The van der Waals surface area contributed by atoms with Gasteiger partial charge in [-0.25, -0.2) is 0 Å². The molecule has 0 unspecified atom stereocenters. The van der Waals surface area contributed by atoms with E-state index in [0.29, 0.717) is 5.49 Å². The van der Waals surface area contributed by atoms with E-state index in [2.05, 4.69) is 21.2 Å². The highest BCUT2D eigenvalue weighted by Crippen LogP contribution is 1.84. The zero-order chi connectivity index (χ0) is 6.69. The van der Waals surface area contributed by atoms with Crippen molar-refractivity contribution in [3.63, 3.8) is 0 Å². The van der Waals surface area contributed by atoms with Gasteiger partial charge in [0.05, 0.1) is 16.1 Å². The maximum atomic E-state index is 5.02. The lowest BCUT2D eigenvalue weighted by molar-refractivity contribution is 1.02. The van der Waals surface area contributed by atoms with Gasteiger partial charge in [0.15, 0.2) is 5.49 Å². The van der Waals surface area contributed by atoms with Gasteiger partial charge < -0.3 is 5.84 Å². The molecule has 3 nitrogen and oxygen atoms in total. The summed E-state index contributed by atoms with van der Waals surface area (Å²) in [4.78, 5) is 0. The molecule has 48 valence electrons. The summed E-state index contributed by atoms with van der Waals surface area (Å²) in [5, 5.41) is 3.49. The first-order valence-corrected chi connectivity index (χ1v) is 3.13. The Kier molecular flexibility index (Phi) is 1.89. The van der Waals surface area contributed by atoms with Crippen molar-refractivity contribution in [2.75, 3.05) is 0 Å². The van der Waals surface area contributed by atoms with Crippen LogP contribution in [0.3, 0.4) is 0 Å². The van der Waals surface area contributed by atoms with Crippen molar-refractivity contribution >= 4 is 16.1 Å². The van der Waals surface area contributed by atoms with E-state index in [1.807, 2.05) is 18.3 Å². The molecule has 0 aromatic carbocycles. The molecule has 1 aromatic heterocycles. The summed E-state index contributed by atoms with van der Waals surface area (Å²) in [6.45, 7) is 0. The van der Waals surface area contributed by atoms with Gasteiger partial charge in [0.25, 0.3) is 0 Å². The van der Waals surface area contributed by atoms with Crippen LogP contribution in [0.5, 0.6) is 0 Å². The summed E-state index contributed by atoms with van der Waals surface area (Å²) >= 11 is 3.20. The minimum atomic E-state index is 0.692. The molecule has 1 aromatic rings. The standard InChI is InChI=1S/C5H6BrN3/c6-9-4-2-1-3-5(9)8-7/h1-4H,7H2. The van der Waals surface area contributed by atoms with E-state index in [4.69, 9.17) is 5.84 Å². The lowest BCUT2D eigenvalue weighted by atomic mass is 10.5. The topological polar surface area (TPSA) is 43.3 Å². The molecule has 0 atom stereocenters. The second-order valence-corrected chi connectivity index (χ2v) is 2.26. The summed E-state index contributed by atoms with van der Waals surface area (Å²) in [5.41, 5.74) is 0.692. The lowest BCUT2D eigenvalue weighted by Crippen LogP contribution is -2.13. The molecule has 2 N–H and O–H groups in total. The van der Waals surface area contributed by atoms with Crippen LogP contribution >= 0.6 is 16.1 Å². The van der Waals surface area contributed by atoms with Crippen LogP contribution < -0.4 is 11.3 Å². The van der Waals surface area contributed by atoms with Crippen molar-refractivity contribution in [1.29, 1.82) is 0 Å². The van der Waals surface area contributed by atoms with Gasteiger partial charge in [0, 0.05) is 6.20 Å². The van der Waals surface area contributed by atoms with E-state index < -0.39 is 0 Å². The normalized spacial score (nSPS) is 11.9. The third kappa shape index (κ3) is 1.32. The number of nitrogens with zero attached hydrogens (tertiary/aromatic N) is 2. The summed E-state index contributed by atoms with van der Waals surface area (Å²) in [6, 6.07) is 5.54. The maximum Gasteiger partial charge on any atom is 0.162 e. The molecule has 1 rings (SSSR count). The van der Waals surface area contributed by atoms with Gasteiger partial charge in [-0.05, 0) is 12.1 Å². The second-order valence-electron chi connectivity index (χ2n) is 1.50. The van der Waals surface area contributed by atoms with Gasteiger partial charge in [-0.2, -0.15) is 5.10 Å². The minimum absolute atomic E-state index is 0.692. The summed E-state index contributed by atoms with van der Waals surface area (Å²) in [6.07, 6.45) is 1.81. The quantitative estimate of drug-likeness (QED) is 0.465. The highest BCUT2D eigenvalue weighted by atomic mass is 79.9. The van der Waals surface area contributed by atoms with Gasteiger partial charge in [-0.15, -0.1) is 0 Å². The zero-order valence-electron chi connectivity index (χ0n) is 4.66. The number of hydrogen-bond acceptors (Lipinski definition) is 2. The number of aromatic nitrogens is 1. The van der Waals surface area contributed by atoms with E-state index in [1.54, 1.807) is 9.66 Å². The third-order valence-corrected chi connectivity index (χ3v) is 1.52. The van der Waals surface area contributed by atoms with Gasteiger partial charge in [-0.1, -0.05) is 6.07 Å². The number of halogens is 1. The Morgan fingerprint density at radius 3 is 2.78 bits per heavy atom. The molecule has 0 amide bonds. The predicted molar refractivity (Wildman–Crippen MR) is 38.5 cm³/mol. The Hall–Kier alpha value is -0.770. The first-order chi connectivity index (χ1) is 4.34. The van der Waals surface area contributed by atoms with Crippen LogP contribution in [-0.4, -0.2) is 3.59 Å². The third-order valence-electron chi connectivity index (χ3n) is 0.924. The van der Waals surface area contributed by atoms with Crippen molar-refractivity contribution in [2.45, 2.75) is 0 Å². The summed E-state index contributed by atoms with van der Waals surface area (Å²) < 4.78 is 1.66. The second kappa shape index (κ2) is 2.68. The Bertz CT molecular complexity index is 252. The Morgan fingerprint density at radius 2 is 2.33 bits per heavy atom. The molecule has 0 saturated carbocycles. The predicted octanol–water partition coefficient (Wildman–Crippen LogP) is 0.420. The molecule has 1 heterocycles. The molecule has 4 heteroatoms. The Labute approximate surface area is 61.1 Å². The minimum Gasteiger partial charge on any atom is -0.321 e. The lowest BCUT2D eigenvalue weighted by Gasteiger charge is -1.91. The smallest absolute Gasteiger partial charge is 0.162 e. The van der Waals surface area contributed by atoms with Crippen LogP contribution in [-0.2, 0) is 0 Å². The number of rotatable bonds is 0. The fraction of sp³-hybridized carbons (Fsp3) is 0. The Balaban J connectivity index is 3.33. The zero-order valence-corrected chi connectivity index (χ0v) is 6.25. The highest BCUT2D eigenvalue weighted by Gasteiger charge is 1.80. The van der Waals surface area contributed by atoms with Crippen LogP contribution in [0.1, 0.15) is 0 Å². The average molecular weight is 188 g/mol. The monoisotopic (exact) mass is 187 g/mol. The summed E-state index contributed by atoms with van der Waals surface area (Å²) in [7, 11) is 0. The van der Waals surface area contributed by atoms with Crippen LogP contribution in [0.25, 0.3) is 0 Å². The molecule has 0 radical (unpaired) electrons. The molecule has 0 saturated heterocycles. The molecular weight excluding hydrogens is 182 g/mol. The SMILES string of the molecule is NN=c1ccccn1Br. The van der Waals surface area contributed by atoms with Crippen molar-refractivity contribution in [1.82, 2.24) is 3.59 Å². The van der Waals surface area contributed by atoms with E-state index in [1.165, 1.54) is 0 Å². The molecule has 0 fully saturated rings. The van der Waals surface area contributed by atoms with E-state index >= 15 is 0 Å². The number of hydrogen-bond donors (Lipinski definition) is 1. The molecule has 0 bridgehead atoms. The fourth-order valence-corrected chi connectivity index (χ4v) is 0.859. The van der Waals surface area contributed by atoms with Crippen LogP contribution in [0.2, 0.25) is 0 Å². The van der Waals surface area contributed by atoms with Crippen molar-refractivity contribution in [2.24, 2.45) is 10.9 Å². The molecular formula is C5H6BrN3. The molecule has 0 spiro atoms. The van der Waals surface area contributed by atoms with Gasteiger partial charge in [0.2, 0.25) is 0 Å². The van der Waals surface area contributed by atoms with Crippen LogP contribution in [0.4, 0.5) is 0 Å². The van der Waals surface area contributed by atoms with Gasteiger partial charge in [-0.3, -0.25) is 3.59 Å². The van der Waals surface area contributed by atoms with Crippen molar-refractivity contribution in [3.8, 4) is 0 Å². The first-order valence-electron chi connectivity index (χ1n) is 2.42. The molecule has 0 aliphatic rings. The molecule has 9 heavy (non-hydrogen) atoms.